The normalized spacial score (nSPS) is 12.3. The van der Waals surface area contributed by atoms with Gasteiger partial charge in [0.25, 0.3) is 0 Å². The van der Waals surface area contributed by atoms with Crippen molar-refractivity contribution in [2.75, 3.05) is 13.7 Å². The highest BCUT2D eigenvalue weighted by molar-refractivity contribution is 5.83. The van der Waals surface area contributed by atoms with Crippen molar-refractivity contribution in [2.24, 2.45) is 0 Å². The lowest BCUT2D eigenvalue weighted by Crippen LogP contribution is -2.17. The van der Waals surface area contributed by atoms with Crippen molar-refractivity contribution in [1.82, 2.24) is 5.32 Å². The van der Waals surface area contributed by atoms with Crippen LogP contribution in [0.2, 0.25) is 0 Å². The number of hydrogen-bond acceptors (Lipinski definition) is 3. The molecule has 0 spiro atoms. The van der Waals surface area contributed by atoms with Crippen LogP contribution in [-0.4, -0.2) is 13.7 Å². The molecule has 0 aliphatic carbocycles. The van der Waals surface area contributed by atoms with Crippen LogP contribution in [0.1, 0.15) is 18.7 Å². The monoisotopic (exact) mass is 229 g/mol. The molecule has 88 valence electrons. The summed E-state index contributed by atoms with van der Waals surface area (Å²) >= 11 is 0. The second-order valence-corrected chi connectivity index (χ2v) is 3.83. The van der Waals surface area contributed by atoms with Crippen molar-refractivity contribution in [1.29, 1.82) is 0 Å². The standard InChI is InChI=1S/C14H15NO2/c1-4-8-15-10(2)13-9-11-6-5-7-12(16-3)14(11)17-13/h1,5-7,9-10,15H,8H2,2-3H3. The van der Waals surface area contributed by atoms with Gasteiger partial charge in [-0.05, 0) is 19.1 Å². The van der Waals surface area contributed by atoms with E-state index in [1.807, 2.05) is 31.2 Å². The van der Waals surface area contributed by atoms with Gasteiger partial charge in [-0.15, -0.1) is 6.42 Å². The molecule has 0 bridgehead atoms. The molecule has 0 saturated heterocycles. The van der Waals surface area contributed by atoms with Gasteiger partial charge in [0.15, 0.2) is 11.3 Å². The minimum atomic E-state index is 0.0863. The van der Waals surface area contributed by atoms with Crippen LogP contribution in [0.5, 0.6) is 5.75 Å². The Morgan fingerprint density at radius 3 is 3.06 bits per heavy atom. The molecule has 1 aromatic carbocycles. The first-order valence-corrected chi connectivity index (χ1v) is 5.49. The number of fused-ring (bicyclic) bond motifs is 1. The van der Waals surface area contributed by atoms with Crippen molar-refractivity contribution in [2.45, 2.75) is 13.0 Å². The van der Waals surface area contributed by atoms with Crippen molar-refractivity contribution < 1.29 is 9.15 Å². The average molecular weight is 229 g/mol. The largest absolute Gasteiger partial charge is 0.493 e. The fourth-order valence-corrected chi connectivity index (χ4v) is 1.74. The Labute approximate surface area is 101 Å². The Hall–Kier alpha value is -1.92. The van der Waals surface area contributed by atoms with Gasteiger partial charge in [0.1, 0.15) is 5.76 Å². The lowest BCUT2D eigenvalue weighted by Gasteiger charge is -2.07. The van der Waals surface area contributed by atoms with E-state index in [1.165, 1.54) is 0 Å². The highest BCUT2D eigenvalue weighted by Gasteiger charge is 2.12. The number of benzene rings is 1. The minimum absolute atomic E-state index is 0.0863. The minimum Gasteiger partial charge on any atom is -0.493 e. The molecule has 1 atom stereocenters. The molecule has 0 amide bonds. The van der Waals surface area contributed by atoms with Crippen LogP contribution < -0.4 is 10.1 Å². The lowest BCUT2D eigenvalue weighted by atomic mass is 10.2. The molecule has 1 heterocycles. The summed E-state index contributed by atoms with van der Waals surface area (Å²) in [6, 6.07) is 7.92. The number of terminal acetylenes is 1. The Balaban J connectivity index is 2.34. The van der Waals surface area contributed by atoms with E-state index >= 15 is 0 Å². The summed E-state index contributed by atoms with van der Waals surface area (Å²) in [5, 5.41) is 4.21. The number of nitrogens with one attached hydrogen (secondary N) is 1. The van der Waals surface area contributed by atoms with E-state index in [0.717, 1.165) is 22.5 Å². The SMILES string of the molecule is C#CCNC(C)c1cc2cccc(OC)c2o1. The molecule has 0 fully saturated rings. The zero-order valence-corrected chi connectivity index (χ0v) is 9.99. The zero-order valence-electron chi connectivity index (χ0n) is 9.99. The summed E-state index contributed by atoms with van der Waals surface area (Å²) in [6.07, 6.45) is 5.21. The van der Waals surface area contributed by atoms with Crippen molar-refractivity contribution in [3.63, 3.8) is 0 Å². The van der Waals surface area contributed by atoms with E-state index in [4.69, 9.17) is 15.6 Å². The molecule has 0 saturated carbocycles. The molecule has 0 aliphatic rings. The van der Waals surface area contributed by atoms with Crippen LogP contribution in [0.4, 0.5) is 0 Å². The van der Waals surface area contributed by atoms with E-state index in [2.05, 4.69) is 11.2 Å². The van der Waals surface area contributed by atoms with Gasteiger partial charge < -0.3 is 9.15 Å². The van der Waals surface area contributed by atoms with Crippen molar-refractivity contribution in [3.05, 3.63) is 30.0 Å². The molecular weight excluding hydrogens is 214 g/mol. The summed E-state index contributed by atoms with van der Waals surface area (Å²) in [5.74, 6) is 4.16. The van der Waals surface area contributed by atoms with Gasteiger partial charge in [-0.2, -0.15) is 0 Å². The number of para-hydroxylation sites is 1. The maximum Gasteiger partial charge on any atom is 0.176 e. The van der Waals surface area contributed by atoms with Gasteiger partial charge in [0.2, 0.25) is 0 Å². The van der Waals surface area contributed by atoms with E-state index in [1.54, 1.807) is 7.11 Å². The summed E-state index contributed by atoms with van der Waals surface area (Å²) in [7, 11) is 1.64. The van der Waals surface area contributed by atoms with Gasteiger partial charge >= 0.3 is 0 Å². The Kier molecular flexibility index (Phi) is 3.36. The maximum absolute atomic E-state index is 5.79. The molecular formula is C14H15NO2. The Bertz CT molecular complexity index is 551. The van der Waals surface area contributed by atoms with E-state index in [-0.39, 0.29) is 6.04 Å². The van der Waals surface area contributed by atoms with Gasteiger partial charge in [-0.1, -0.05) is 18.1 Å². The maximum atomic E-state index is 5.79. The summed E-state index contributed by atoms with van der Waals surface area (Å²) < 4.78 is 11.0. The molecule has 2 rings (SSSR count). The van der Waals surface area contributed by atoms with Crippen LogP contribution >= 0.6 is 0 Å². The van der Waals surface area contributed by atoms with Crippen LogP contribution in [0.15, 0.2) is 28.7 Å². The third-order valence-electron chi connectivity index (χ3n) is 2.68. The smallest absolute Gasteiger partial charge is 0.176 e. The summed E-state index contributed by atoms with van der Waals surface area (Å²) in [4.78, 5) is 0. The van der Waals surface area contributed by atoms with Gasteiger partial charge in [-0.25, -0.2) is 0 Å². The van der Waals surface area contributed by atoms with Gasteiger partial charge in [0.05, 0.1) is 19.7 Å². The van der Waals surface area contributed by atoms with Crippen LogP contribution in [0.3, 0.4) is 0 Å². The highest BCUT2D eigenvalue weighted by Crippen LogP contribution is 2.30. The lowest BCUT2D eigenvalue weighted by molar-refractivity contribution is 0.401. The fourth-order valence-electron chi connectivity index (χ4n) is 1.74. The van der Waals surface area contributed by atoms with Crippen molar-refractivity contribution in [3.8, 4) is 18.1 Å². The van der Waals surface area contributed by atoms with Crippen LogP contribution in [-0.2, 0) is 0 Å². The molecule has 1 aromatic heterocycles. The van der Waals surface area contributed by atoms with Crippen molar-refractivity contribution >= 4 is 11.0 Å². The number of furan rings is 1. The number of methoxy groups -OCH3 is 1. The van der Waals surface area contributed by atoms with Gasteiger partial charge in [0, 0.05) is 5.39 Å². The quantitative estimate of drug-likeness (QED) is 0.818. The summed E-state index contributed by atoms with van der Waals surface area (Å²) in [5.41, 5.74) is 0.777. The number of ether oxygens (including phenoxy) is 1. The third-order valence-corrected chi connectivity index (χ3v) is 2.68. The average Bonchev–Trinajstić information content (AvgIpc) is 2.79. The number of rotatable bonds is 4. The molecule has 1 N–H and O–H groups in total. The second-order valence-electron chi connectivity index (χ2n) is 3.83. The predicted molar refractivity (Wildman–Crippen MR) is 68.0 cm³/mol. The molecule has 0 aliphatic heterocycles. The summed E-state index contributed by atoms with van der Waals surface area (Å²) in [6.45, 7) is 2.54. The first-order valence-electron chi connectivity index (χ1n) is 5.49. The Morgan fingerprint density at radius 2 is 2.35 bits per heavy atom. The molecule has 0 radical (unpaired) electrons. The van der Waals surface area contributed by atoms with Gasteiger partial charge in [-0.3, -0.25) is 5.32 Å². The molecule has 1 unspecified atom stereocenters. The topological polar surface area (TPSA) is 34.4 Å². The molecule has 2 aromatic rings. The van der Waals surface area contributed by atoms with E-state index < -0.39 is 0 Å². The zero-order chi connectivity index (χ0) is 12.3. The fraction of sp³-hybridized carbons (Fsp3) is 0.286. The van der Waals surface area contributed by atoms with E-state index in [0.29, 0.717) is 6.54 Å². The van der Waals surface area contributed by atoms with Crippen LogP contribution in [0, 0.1) is 12.3 Å². The molecule has 17 heavy (non-hydrogen) atoms. The van der Waals surface area contributed by atoms with Crippen LogP contribution in [0.25, 0.3) is 11.0 Å². The Morgan fingerprint density at radius 1 is 1.53 bits per heavy atom. The first-order chi connectivity index (χ1) is 8.26. The second kappa shape index (κ2) is 4.94. The number of hydrogen-bond donors (Lipinski definition) is 1. The third kappa shape index (κ3) is 2.27. The molecule has 3 heteroatoms. The van der Waals surface area contributed by atoms with E-state index in [9.17, 15) is 0 Å². The first kappa shape index (κ1) is 11.6. The predicted octanol–water partition coefficient (Wildman–Crippen LogP) is 2.73. The highest BCUT2D eigenvalue weighted by atomic mass is 16.5. The molecule has 3 nitrogen and oxygen atoms in total.